The van der Waals surface area contributed by atoms with Gasteiger partial charge in [0.1, 0.15) is 0 Å². The van der Waals surface area contributed by atoms with E-state index in [-0.39, 0.29) is 17.9 Å². The number of halogens is 1. The molecule has 0 radical (unpaired) electrons. The van der Waals surface area contributed by atoms with Crippen molar-refractivity contribution >= 4 is 37.6 Å². The SMILES string of the molecule is CCNS(=O)(=O)CCNc1cc(Br)ccc1C(=O)O. The number of sulfonamides is 1. The van der Waals surface area contributed by atoms with Crippen LogP contribution in [0.15, 0.2) is 22.7 Å². The Balaban J connectivity index is 2.73. The Morgan fingerprint density at radius 1 is 1.42 bits per heavy atom. The van der Waals surface area contributed by atoms with Gasteiger partial charge < -0.3 is 10.4 Å². The zero-order valence-electron chi connectivity index (χ0n) is 10.3. The van der Waals surface area contributed by atoms with E-state index in [2.05, 4.69) is 26.0 Å². The Hall–Kier alpha value is -1.12. The molecule has 0 saturated carbocycles. The monoisotopic (exact) mass is 350 g/mol. The number of aromatic carboxylic acids is 1. The maximum absolute atomic E-state index is 11.4. The molecule has 0 bridgehead atoms. The molecule has 1 aromatic rings. The summed E-state index contributed by atoms with van der Waals surface area (Å²) in [5.41, 5.74) is 0.484. The van der Waals surface area contributed by atoms with Crippen molar-refractivity contribution in [3.8, 4) is 0 Å². The van der Waals surface area contributed by atoms with Crippen LogP contribution in [0.25, 0.3) is 0 Å². The first kappa shape index (κ1) is 15.9. The first-order valence-corrected chi connectivity index (χ1v) is 8.04. The van der Waals surface area contributed by atoms with Crippen LogP contribution in [0.5, 0.6) is 0 Å². The molecule has 6 nitrogen and oxygen atoms in total. The summed E-state index contributed by atoms with van der Waals surface area (Å²) < 4.78 is 25.9. The number of rotatable bonds is 7. The van der Waals surface area contributed by atoms with Crippen molar-refractivity contribution in [3.63, 3.8) is 0 Å². The summed E-state index contributed by atoms with van der Waals surface area (Å²) in [6.07, 6.45) is 0. The summed E-state index contributed by atoms with van der Waals surface area (Å²) in [6, 6.07) is 4.67. The van der Waals surface area contributed by atoms with Crippen molar-refractivity contribution < 1.29 is 18.3 Å². The lowest BCUT2D eigenvalue weighted by Gasteiger charge is -2.10. The van der Waals surface area contributed by atoms with Gasteiger partial charge in [-0.15, -0.1) is 0 Å². The third kappa shape index (κ3) is 5.17. The molecule has 0 heterocycles. The Morgan fingerprint density at radius 2 is 2.11 bits per heavy atom. The fourth-order valence-corrected chi connectivity index (χ4v) is 2.78. The Morgan fingerprint density at radius 3 is 2.68 bits per heavy atom. The van der Waals surface area contributed by atoms with Gasteiger partial charge in [0.15, 0.2) is 0 Å². The maximum atomic E-state index is 11.4. The lowest BCUT2D eigenvalue weighted by atomic mass is 10.2. The summed E-state index contributed by atoms with van der Waals surface area (Å²) in [5.74, 6) is -1.18. The van der Waals surface area contributed by atoms with Gasteiger partial charge in [0.2, 0.25) is 10.0 Å². The van der Waals surface area contributed by atoms with Crippen molar-refractivity contribution in [3.05, 3.63) is 28.2 Å². The summed E-state index contributed by atoms with van der Waals surface area (Å²) >= 11 is 3.24. The van der Waals surface area contributed by atoms with Crippen LogP contribution in [0.1, 0.15) is 17.3 Å². The van der Waals surface area contributed by atoms with Crippen molar-refractivity contribution in [2.24, 2.45) is 0 Å². The third-order valence-electron chi connectivity index (χ3n) is 2.26. The number of nitrogens with one attached hydrogen (secondary N) is 2. The van der Waals surface area contributed by atoms with Crippen molar-refractivity contribution in [1.29, 1.82) is 0 Å². The molecular weight excluding hydrogens is 336 g/mol. The minimum absolute atomic E-state index is 0.101. The normalized spacial score (nSPS) is 11.3. The number of carboxylic acid groups (broad SMARTS) is 1. The van der Waals surface area contributed by atoms with Crippen molar-refractivity contribution in [1.82, 2.24) is 4.72 Å². The standard InChI is InChI=1S/C11H15BrN2O4S/c1-2-14-19(17,18)6-5-13-10-7-8(12)3-4-9(10)11(15)16/h3-4,7,13-14H,2,5-6H2,1H3,(H,15,16). The van der Waals surface area contributed by atoms with Crippen LogP contribution >= 0.6 is 15.9 Å². The molecule has 0 saturated heterocycles. The second-order valence-electron chi connectivity index (χ2n) is 3.74. The van der Waals surface area contributed by atoms with E-state index in [4.69, 9.17) is 5.11 Å². The van der Waals surface area contributed by atoms with Crippen molar-refractivity contribution in [2.45, 2.75) is 6.92 Å². The minimum atomic E-state index is -3.32. The van der Waals surface area contributed by atoms with Gasteiger partial charge in [0.25, 0.3) is 0 Å². The summed E-state index contributed by atoms with van der Waals surface area (Å²) in [4.78, 5) is 11.0. The largest absolute Gasteiger partial charge is 0.478 e. The highest BCUT2D eigenvalue weighted by atomic mass is 79.9. The first-order valence-electron chi connectivity index (χ1n) is 5.60. The minimum Gasteiger partial charge on any atom is -0.478 e. The molecular formula is C11H15BrN2O4S. The van der Waals surface area contributed by atoms with Gasteiger partial charge in [0.05, 0.1) is 11.3 Å². The number of carboxylic acids is 1. The van der Waals surface area contributed by atoms with Gasteiger partial charge in [0, 0.05) is 23.2 Å². The highest BCUT2D eigenvalue weighted by Gasteiger charge is 2.12. The van der Waals surface area contributed by atoms with Crippen LogP contribution in [0.3, 0.4) is 0 Å². The lowest BCUT2D eigenvalue weighted by Crippen LogP contribution is -2.29. The molecule has 0 aliphatic rings. The predicted octanol–water partition coefficient (Wildman–Crippen LogP) is 1.50. The molecule has 1 aromatic carbocycles. The Labute approximate surface area is 120 Å². The topological polar surface area (TPSA) is 95.5 Å². The second-order valence-corrected chi connectivity index (χ2v) is 6.58. The Kier molecular flexibility index (Phi) is 5.77. The average Bonchev–Trinajstić information content (AvgIpc) is 2.28. The number of carbonyl (C=O) groups is 1. The molecule has 0 amide bonds. The molecule has 0 fully saturated rings. The molecule has 0 atom stereocenters. The van der Waals surface area contributed by atoms with Gasteiger partial charge in [-0.05, 0) is 18.2 Å². The molecule has 106 valence electrons. The zero-order valence-corrected chi connectivity index (χ0v) is 12.7. The van der Waals surface area contributed by atoms with Crippen LogP contribution in [-0.4, -0.2) is 38.3 Å². The van der Waals surface area contributed by atoms with E-state index in [1.54, 1.807) is 19.1 Å². The fraction of sp³-hybridized carbons (Fsp3) is 0.364. The van der Waals surface area contributed by atoms with Gasteiger partial charge in [-0.3, -0.25) is 0 Å². The molecule has 0 spiro atoms. The van der Waals surface area contributed by atoms with Crippen LogP contribution < -0.4 is 10.0 Å². The molecule has 0 aromatic heterocycles. The van der Waals surface area contributed by atoms with E-state index in [1.165, 1.54) is 6.07 Å². The van der Waals surface area contributed by atoms with Crippen LogP contribution in [0.4, 0.5) is 5.69 Å². The summed E-state index contributed by atoms with van der Waals surface area (Å²) in [5, 5.41) is 11.8. The van der Waals surface area contributed by atoms with E-state index in [0.717, 1.165) is 4.47 Å². The average molecular weight is 351 g/mol. The molecule has 0 aliphatic carbocycles. The van der Waals surface area contributed by atoms with Gasteiger partial charge in [-0.2, -0.15) is 0 Å². The molecule has 0 unspecified atom stereocenters. The van der Waals surface area contributed by atoms with E-state index >= 15 is 0 Å². The number of hydrogen-bond acceptors (Lipinski definition) is 4. The second kappa shape index (κ2) is 6.88. The number of anilines is 1. The smallest absolute Gasteiger partial charge is 0.337 e. The first-order chi connectivity index (χ1) is 8.85. The molecule has 3 N–H and O–H groups in total. The highest BCUT2D eigenvalue weighted by Crippen LogP contribution is 2.21. The molecule has 19 heavy (non-hydrogen) atoms. The molecule has 1 rings (SSSR count). The van der Waals surface area contributed by atoms with Gasteiger partial charge in [-0.1, -0.05) is 22.9 Å². The highest BCUT2D eigenvalue weighted by molar-refractivity contribution is 9.10. The van der Waals surface area contributed by atoms with Gasteiger partial charge in [-0.25, -0.2) is 17.9 Å². The predicted molar refractivity (Wildman–Crippen MR) is 77.1 cm³/mol. The maximum Gasteiger partial charge on any atom is 0.337 e. The van der Waals surface area contributed by atoms with Gasteiger partial charge >= 0.3 is 5.97 Å². The number of benzene rings is 1. The van der Waals surface area contributed by atoms with Crippen LogP contribution in [-0.2, 0) is 10.0 Å². The van der Waals surface area contributed by atoms with E-state index in [9.17, 15) is 13.2 Å². The quantitative estimate of drug-likeness (QED) is 0.692. The van der Waals surface area contributed by atoms with Crippen LogP contribution in [0, 0.1) is 0 Å². The van der Waals surface area contributed by atoms with E-state index in [0.29, 0.717) is 12.2 Å². The van der Waals surface area contributed by atoms with Crippen LogP contribution in [0.2, 0.25) is 0 Å². The Bertz CT molecular complexity index is 560. The summed E-state index contributed by atoms with van der Waals surface area (Å²) in [7, 11) is -3.32. The van der Waals surface area contributed by atoms with Crippen molar-refractivity contribution in [2.75, 3.05) is 24.2 Å². The molecule has 0 aliphatic heterocycles. The zero-order chi connectivity index (χ0) is 14.5. The molecule has 8 heteroatoms. The third-order valence-corrected chi connectivity index (χ3v) is 4.23. The summed E-state index contributed by atoms with van der Waals surface area (Å²) in [6.45, 7) is 2.16. The van der Waals surface area contributed by atoms with E-state index < -0.39 is 16.0 Å². The lowest BCUT2D eigenvalue weighted by molar-refractivity contribution is 0.0698. The van der Waals surface area contributed by atoms with E-state index in [1.807, 2.05) is 0 Å². The number of hydrogen-bond donors (Lipinski definition) is 3. The fourth-order valence-electron chi connectivity index (χ4n) is 1.46.